The van der Waals surface area contributed by atoms with Crippen molar-refractivity contribution < 1.29 is 37.0 Å². The molecule has 2 aliphatic heterocycles. The molecule has 1 unspecified atom stereocenters. The molecule has 0 saturated carbocycles. The lowest BCUT2D eigenvalue weighted by Crippen LogP contribution is -2.45. The number of hydrogen-bond donors (Lipinski definition) is 2. The van der Waals surface area contributed by atoms with Gasteiger partial charge in [-0.15, -0.1) is 0 Å². The maximum absolute atomic E-state index is 12.9. The van der Waals surface area contributed by atoms with E-state index in [1.54, 1.807) is 6.07 Å². The third kappa shape index (κ3) is 4.61. The summed E-state index contributed by atoms with van der Waals surface area (Å²) in [5, 5.41) is 0. The number of benzene rings is 2. The van der Waals surface area contributed by atoms with Gasteiger partial charge in [0.15, 0.2) is 11.5 Å². The molecule has 8 nitrogen and oxygen atoms in total. The number of ether oxygens (including phenoxy) is 2. The monoisotopic (exact) mass is 449 g/mol. The molecule has 168 valence electrons. The van der Waals surface area contributed by atoms with E-state index in [0.29, 0.717) is 17.1 Å². The molecule has 2 aliphatic rings. The Morgan fingerprint density at radius 2 is 1.84 bits per heavy atom. The molecule has 32 heavy (non-hydrogen) atoms. The number of amides is 3. The van der Waals surface area contributed by atoms with Crippen LogP contribution in [0.4, 0.5) is 13.2 Å². The summed E-state index contributed by atoms with van der Waals surface area (Å²) in [5.41, 5.74) is 4.31. The Labute approximate surface area is 180 Å². The molecular formula is C21H18F3N3O5. The average Bonchev–Trinajstić information content (AvgIpc) is 3.37. The number of carbonyl (C=O) groups excluding carboxylic acids is 3. The number of rotatable bonds is 4. The van der Waals surface area contributed by atoms with Crippen molar-refractivity contribution in [1.82, 2.24) is 15.8 Å². The van der Waals surface area contributed by atoms with E-state index in [1.807, 2.05) is 0 Å². The van der Waals surface area contributed by atoms with Crippen LogP contribution < -0.4 is 20.3 Å². The highest BCUT2D eigenvalue weighted by Gasteiger charge is 2.35. The number of hydrogen-bond acceptors (Lipinski definition) is 5. The van der Waals surface area contributed by atoms with Crippen molar-refractivity contribution in [3.05, 3.63) is 59.2 Å². The number of fused-ring (bicyclic) bond motifs is 1. The third-order valence-electron chi connectivity index (χ3n) is 5.15. The van der Waals surface area contributed by atoms with Gasteiger partial charge in [-0.2, -0.15) is 13.2 Å². The molecular weight excluding hydrogens is 431 g/mol. The average molecular weight is 449 g/mol. The number of nitrogens with one attached hydrogen (secondary N) is 2. The van der Waals surface area contributed by atoms with Gasteiger partial charge in [-0.05, 0) is 35.9 Å². The van der Waals surface area contributed by atoms with E-state index in [1.165, 1.54) is 29.2 Å². The van der Waals surface area contributed by atoms with Gasteiger partial charge in [0.05, 0.1) is 11.5 Å². The summed E-state index contributed by atoms with van der Waals surface area (Å²) in [6.45, 7) is 0.0424. The van der Waals surface area contributed by atoms with E-state index in [4.69, 9.17) is 9.47 Å². The van der Waals surface area contributed by atoms with E-state index in [2.05, 4.69) is 10.9 Å². The fourth-order valence-electron chi connectivity index (χ4n) is 3.50. The Morgan fingerprint density at radius 3 is 2.62 bits per heavy atom. The minimum atomic E-state index is -4.48. The fraction of sp³-hybridized carbons (Fsp3) is 0.286. The van der Waals surface area contributed by atoms with Crippen LogP contribution in [0.5, 0.6) is 11.5 Å². The second-order valence-corrected chi connectivity index (χ2v) is 7.38. The van der Waals surface area contributed by atoms with Crippen LogP contribution in [0.15, 0.2) is 42.5 Å². The summed E-state index contributed by atoms with van der Waals surface area (Å²) < 4.78 is 49.0. The third-order valence-corrected chi connectivity index (χ3v) is 5.15. The molecule has 1 atom stereocenters. The molecule has 0 aliphatic carbocycles. The molecule has 0 spiro atoms. The van der Waals surface area contributed by atoms with Crippen LogP contribution in [0.1, 0.15) is 27.9 Å². The zero-order valence-electron chi connectivity index (χ0n) is 16.6. The zero-order chi connectivity index (χ0) is 22.9. The first-order valence-electron chi connectivity index (χ1n) is 9.64. The minimum absolute atomic E-state index is 0.0286. The first-order valence-corrected chi connectivity index (χ1v) is 9.64. The maximum Gasteiger partial charge on any atom is 0.416 e. The van der Waals surface area contributed by atoms with Gasteiger partial charge >= 0.3 is 6.18 Å². The zero-order valence-corrected chi connectivity index (χ0v) is 16.6. The molecule has 1 fully saturated rings. The van der Waals surface area contributed by atoms with Gasteiger partial charge in [0, 0.05) is 25.1 Å². The number of alkyl halides is 3. The molecule has 0 bridgehead atoms. The first kappa shape index (κ1) is 21.5. The Hall–Kier alpha value is -3.76. The lowest BCUT2D eigenvalue weighted by atomic mass is 10.1. The lowest BCUT2D eigenvalue weighted by Gasteiger charge is -2.18. The van der Waals surface area contributed by atoms with Gasteiger partial charge in [0.2, 0.25) is 18.6 Å². The predicted molar refractivity (Wildman–Crippen MR) is 103 cm³/mol. The van der Waals surface area contributed by atoms with Crippen LogP contribution in [-0.2, 0) is 22.3 Å². The van der Waals surface area contributed by atoms with Crippen molar-refractivity contribution in [2.45, 2.75) is 19.1 Å². The number of carbonyl (C=O) groups is 3. The summed E-state index contributed by atoms with van der Waals surface area (Å²) in [4.78, 5) is 38.2. The molecule has 0 radical (unpaired) electrons. The minimum Gasteiger partial charge on any atom is -0.454 e. The van der Waals surface area contributed by atoms with Crippen LogP contribution in [0, 0.1) is 5.92 Å². The van der Waals surface area contributed by atoms with Crippen molar-refractivity contribution >= 4 is 17.7 Å². The van der Waals surface area contributed by atoms with Crippen molar-refractivity contribution in [3.8, 4) is 11.5 Å². The first-order chi connectivity index (χ1) is 15.2. The van der Waals surface area contributed by atoms with Crippen LogP contribution in [0.25, 0.3) is 0 Å². The highest BCUT2D eigenvalue weighted by atomic mass is 19.4. The molecule has 3 amide bonds. The normalized spacial score (nSPS) is 17.4. The second-order valence-electron chi connectivity index (χ2n) is 7.38. The summed E-state index contributed by atoms with van der Waals surface area (Å²) >= 11 is 0. The second kappa shape index (κ2) is 8.40. The quantitative estimate of drug-likeness (QED) is 0.698. The fourth-order valence-corrected chi connectivity index (χ4v) is 3.50. The van der Waals surface area contributed by atoms with Crippen molar-refractivity contribution in [1.29, 1.82) is 0 Å². The molecule has 4 rings (SSSR count). The molecule has 2 aromatic rings. The van der Waals surface area contributed by atoms with E-state index < -0.39 is 29.5 Å². The Morgan fingerprint density at radius 1 is 1.06 bits per heavy atom. The lowest BCUT2D eigenvalue weighted by molar-refractivity contribution is -0.137. The topological polar surface area (TPSA) is 97.0 Å². The van der Waals surface area contributed by atoms with E-state index in [9.17, 15) is 27.6 Å². The van der Waals surface area contributed by atoms with Crippen LogP contribution in [0.2, 0.25) is 0 Å². The van der Waals surface area contributed by atoms with Crippen molar-refractivity contribution in [3.63, 3.8) is 0 Å². The highest BCUT2D eigenvalue weighted by molar-refractivity contribution is 5.97. The Bertz CT molecular complexity index is 1070. The van der Waals surface area contributed by atoms with Gasteiger partial charge < -0.3 is 14.4 Å². The summed E-state index contributed by atoms with van der Waals surface area (Å²) in [5.74, 6) is -1.33. The van der Waals surface area contributed by atoms with Gasteiger partial charge in [0.1, 0.15) is 0 Å². The molecule has 0 aromatic heterocycles. The number of likely N-dealkylation sites (tertiary alicyclic amines) is 1. The summed E-state index contributed by atoms with van der Waals surface area (Å²) in [7, 11) is 0. The Kier molecular flexibility index (Phi) is 5.64. The van der Waals surface area contributed by atoms with E-state index in [0.717, 1.165) is 12.1 Å². The smallest absolute Gasteiger partial charge is 0.416 e. The molecule has 11 heteroatoms. The van der Waals surface area contributed by atoms with Crippen molar-refractivity contribution in [2.24, 2.45) is 5.92 Å². The number of hydrazine groups is 1. The predicted octanol–water partition coefficient (Wildman–Crippen LogP) is 2.24. The standard InChI is InChI=1S/C21H18F3N3O5/c22-21(23,24)15-3-1-2-12(6-15)9-27-10-14(8-18(27)28)20(30)26-25-19(29)13-4-5-16-17(7-13)32-11-31-16/h1-7,14H,8-11H2,(H,25,29)(H,26,30). The summed E-state index contributed by atoms with van der Waals surface area (Å²) in [6.07, 6.45) is -4.59. The largest absolute Gasteiger partial charge is 0.454 e. The molecule has 1 saturated heterocycles. The number of nitrogens with zero attached hydrogens (tertiary/aromatic N) is 1. The van der Waals surface area contributed by atoms with E-state index in [-0.39, 0.29) is 37.8 Å². The highest BCUT2D eigenvalue weighted by Crippen LogP contribution is 2.32. The molecule has 2 N–H and O–H groups in total. The van der Waals surface area contributed by atoms with Crippen molar-refractivity contribution in [2.75, 3.05) is 13.3 Å². The van der Waals surface area contributed by atoms with Gasteiger partial charge in [-0.1, -0.05) is 12.1 Å². The maximum atomic E-state index is 12.9. The van der Waals surface area contributed by atoms with Gasteiger partial charge in [0.25, 0.3) is 5.91 Å². The van der Waals surface area contributed by atoms with Crippen LogP contribution in [0.3, 0.4) is 0 Å². The summed E-state index contributed by atoms with van der Waals surface area (Å²) in [6, 6.07) is 9.24. The molecule has 2 aromatic carbocycles. The van der Waals surface area contributed by atoms with Gasteiger partial charge in [-0.3, -0.25) is 25.2 Å². The SMILES string of the molecule is O=C(NNC(=O)C1CC(=O)N(Cc2cccc(C(F)(F)F)c2)C1)c1ccc2c(c1)OCO2. The van der Waals surface area contributed by atoms with E-state index >= 15 is 0 Å². The molecule has 2 heterocycles. The van der Waals surface area contributed by atoms with Crippen LogP contribution in [-0.4, -0.2) is 36.0 Å². The number of halogens is 3. The van der Waals surface area contributed by atoms with Crippen LogP contribution >= 0.6 is 0 Å². The Balaban J connectivity index is 1.32. The van der Waals surface area contributed by atoms with Gasteiger partial charge in [-0.25, -0.2) is 0 Å².